The molecule has 0 aliphatic carbocycles. The zero-order valence-electron chi connectivity index (χ0n) is 12.8. The van der Waals surface area contributed by atoms with Crippen LogP contribution >= 0.6 is 0 Å². The van der Waals surface area contributed by atoms with Gasteiger partial charge in [-0.15, -0.1) is 0 Å². The van der Waals surface area contributed by atoms with Crippen molar-refractivity contribution in [2.75, 3.05) is 13.2 Å². The van der Waals surface area contributed by atoms with Gasteiger partial charge in [-0.1, -0.05) is 0 Å². The maximum Gasteiger partial charge on any atom is 0.303 e. The Morgan fingerprint density at radius 3 is 2.14 bits per heavy atom. The molecule has 126 valence electrons. The largest absolute Gasteiger partial charge is 0.456 e. The van der Waals surface area contributed by atoms with Crippen molar-refractivity contribution in [2.24, 2.45) is 0 Å². The molecule has 2 N–H and O–H groups in total. The van der Waals surface area contributed by atoms with Gasteiger partial charge in [0.1, 0.15) is 6.61 Å². The molecule has 0 radical (unpaired) electrons. The van der Waals surface area contributed by atoms with E-state index in [-0.39, 0.29) is 13.2 Å². The minimum atomic E-state index is -2.77. The van der Waals surface area contributed by atoms with Crippen LogP contribution in [0.2, 0.25) is 0 Å². The van der Waals surface area contributed by atoms with Gasteiger partial charge in [-0.25, -0.2) is 0 Å². The highest BCUT2D eigenvalue weighted by Gasteiger charge is 2.69. The third kappa shape index (κ3) is 2.95. The molecule has 3 atom stereocenters. The van der Waals surface area contributed by atoms with E-state index in [2.05, 4.69) is 0 Å². The van der Waals surface area contributed by atoms with Crippen LogP contribution in [0.5, 0.6) is 0 Å². The number of hydrogen-bond donors (Lipinski definition) is 2. The number of ether oxygens (including phenoxy) is 5. The van der Waals surface area contributed by atoms with Gasteiger partial charge in [0, 0.05) is 13.8 Å². The van der Waals surface area contributed by atoms with Crippen molar-refractivity contribution in [1.82, 2.24) is 0 Å². The lowest BCUT2D eigenvalue weighted by Crippen LogP contribution is -2.72. The minimum absolute atomic E-state index is 0.250. The number of esters is 2. The number of carbonyl (C=O) groups is 2. The van der Waals surface area contributed by atoms with Gasteiger partial charge in [0.05, 0.1) is 6.61 Å². The number of hydrogen-bond acceptors (Lipinski definition) is 9. The molecule has 2 aliphatic heterocycles. The lowest BCUT2D eigenvalue weighted by molar-refractivity contribution is -0.436. The second-order valence-corrected chi connectivity index (χ2v) is 5.76. The first-order valence-electron chi connectivity index (χ1n) is 6.76. The van der Waals surface area contributed by atoms with Crippen LogP contribution in [-0.2, 0) is 33.3 Å². The Morgan fingerprint density at radius 1 is 1.09 bits per heavy atom. The normalized spacial score (nSPS) is 36.1. The van der Waals surface area contributed by atoms with Gasteiger partial charge in [0.15, 0.2) is 18.0 Å². The van der Waals surface area contributed by atoms with Gasteiger partial charge in [-0.3, -0.25) is 9.59 Å². The fraction of sp³-hybridized carbons (Fsp3) is 0.846. The Kier molecular flexibility index (Phi) is 4.22. The Labute approximate surface area is 127 Å². The average Bonchev–Trinajstić information content (AvgIpc) is 2.66. The molecule has 9 nitrogen and oxygen atoms in total. The second-order valence-electron chi connectivity index (χ2n) is 5.76. The van der Waals surface area contributed by atoms with Crippen molar-refractivity contribution in [3.63, 3.8) is 0 Å². The third-order valence-corrected chi connectivity index (χ3v) is 3.41. The van der Waals surface area contributed by atoms with E-state index in [1.54, 1.807) is 13.8 Å². The predicted molar refractivity (Wildman–Crippen MR) is 68.1 cm³/mol. The highest BCUT2D eigenvalue weighted by atomic mass is 16.9. The summed E-state index contributed by atoms with van der Waals surface area (Å²) in [5.41, 5.74) is 0. The molecule has 0 aromatic rings. The van der Waals surface area contributed by atoms with Crippen molar-refractivity contribution in [3.05, 3.63) is 0 Å². The highest BCUT2D eigenvalue weighted by molar-refractivity contribution is 5.67. The molecule has 0 amide bonds. The molecule has 1 spiro atoms. The molecule has 2 fully saturated rings. The molecular formula is C13H20O9. The molecule has 2 heterocycles. The van der Waals surface area contributed by atoms with Crippen molar-refractivity contribution in [2.45, 2.75) is 57.3 Å². The minimum Gasteiger partial charge on any atom is -0.456 e. The molecule has 3 unspecified atom stereocenters. The predicted octanol–water partition coefficient (Wildman–Crippen LogP) is -0.960. The van der Waals surface area contributed by atoms with E-state index in [9.17, 15) is 19.8 Å². The van der Waals surface area contributed by atoms with Crippen molar-refractivity contribution < 1.29 is 43.5 Å². The lowest BCUT2D eigenvalue weighted by atomic mass is 9.92. The molecule has 22 heavy (non-hydrogen) atoms. The molecule has 0 saturated carbocycles. The highest BCUT2D eigenvalue weighted by Crippen LogP contribution is 2.44. The number of rotatable bonds is 2. The zero-order valence-corrected chi connectivity index (χ0v) is 12.8. The summed E-state index contributed by atoms with van der Waals surface area (Å²) in [4.78, 5) is 22.4. The van der Waals surface area contributed by atoms with Gasteiger partial charge < -0.3 is 33.9 Å². The standard InChI is InChI=1S/C13H20O9/c1-7(14)20-9-5-18-12(6-19-11(3,4)22-12)13(16,17)10(9)21-8(2)15/h9-10,16-17H,5-6H2,1-4H3. The first-order chi connectivity index (χ1) is 9.99. The van der Waals surface area contributed by atoms with Crippen molar-refractivity contribution >= 4 is 11.9 Å². The lowest BCUT2D eigenvalue weighted by Gasteiger charge is -2.48. The van der Waals surface area contributed by atoms with Crippen molar-refractivity contribution in [3.8, 4) is 0 Å². The van der Waals surface area contributed by atoms with Crippen LogP contribution in [0.25, 0.3) is 0 Å². The Hall–Kier alpha value is -1.26. The van der Waals surface area contributed by atoms with Crippen LogP contribution in [0.15, 0.2) is 0 Å². The number of aliphatic hydroxyl groups is 2. The van der Waals surface area contributed by atoms with Crippen LogP contribution < -0.4 is 0 Å². The molecular weight excluding hydrogens is 300 g/mol. The van der Waals surface area contributed by atoms with E-state index in [0.717, 1.165) is 13.8 Å². The van der Waals surface area contributed by atoms with Crippen LogP contribution in [0, 0.1) is 0 Å². The maximum absolute atomic E-state index is 11.3. The summed E-state index contributed by atoms with van der Waals surface area (Å²) in [5, 5.41) is 21.0. The van der Waals surface area contributed by atoms with Gasteiger partial charge >= 0.3 is 11.9 Å². The van der Waals surface area contributed by atoms with E-state index in [1.165, 1.54) is 0 Å². The zero-order chi connectivity index (χ0) is 16.8. The summed E-state index contributed by atoms with van der Waals surface area (Å²) in [6.07, 6.45) is -2.77. The van der Waals surface area contributed by atoms with Gasteiger partial charge in [0.25, 0.3) is 11.6 Å². The van der Waals surface area contributed by atoms with Gasteiger partial charge in [-0.2, -0.15) is 0 Å². The molecule has 2 saturated heterocycles. The number of carbonyl (C=O) groups excluding carboxylic acids is 2. The van der Waals surface area contributed by atoms with Crippen molar-refractivity contribution in [1.29, 1.82) is 0 Å². The van der Waals surface area contributed by atoms with E-state index < -0.39 is 41.5 Å². The first-order valence-corrected chi connectivity index (χ1v) is 6.76. The van der Waals surface area contributed by atoms with Crippen LogP contribution in [0.4, 0.5) is 0 Å². The SMILES string of the molecule is CC(=O)OC1COC2(COC(C)(C)O2)C(O)(O)C1OC(C)=O. The van der Waals surface area contributed by atoms with E-state index in [0.29, 0.717) is 0 Å². The van der Waals surface area contributed by atoms with Gasteiger partial charge in [0.2, 0.25) is 0 Å². The Morgan fingerprint density at radius 2 is 1.68 bits per heavy atom. The molecule has 0 aromatic carbocycles. The molecule has 2 rings (SSSR count). The fourth-order valence-corrected chi connectivity index (χ4v) is 2.51. The summed E-state index contributed by atoms with van der Waals surface area (Å²) >= 11 is 0. The van der Waals surface area contributed by atoms with Crippen LogP contribution in [0.3, 0.4) is 0 Å². The van der Waals surface area contributed by atoms with E-state index in [1.807, 2.05) is 0 Å². The quantitative estimate of drug-likeness (QED) is 0.489. The summed E-state index contributed by atoms with van der Waals surface area (Å²) in [5.74, 6) is -7.30. The maximum atomic E-state index is 11.3. The smallest absolute Gasteiger partial charge is 0.303 e. The summed E-state index contributed by atoms with van der Waals surface area (Å²) in [6, 6.07) is 0. The summed E-state index contributed by atoms with van der Waals surface area (Å²) < 4.78 is 26.1. The molecule has 0 aromatic heterocycles. The van der Waals surface area contributed by atoms with E-state index in [4.69, 9.17) is 23.7 Å². The monoisotopic (exact) mass is 320 g/mol. The Balaban J connectivity index is 2.32. The molecule has 2 aliphatic rings. The third-order valence-electron chi connectivity index (χ3n) is 3.41. The van der Waals surface area contributed by atoms with Crippen LogP contribution in [-0.4, -0.2) is 64.9 Å². The second kappa shape index (κ2) is 5.43. The topological polar surface area (TPSA) is 121 Å². The summed E-state index contributed by atoms with van der Waals surface area (Å²) in [6.45, 7) is 4.83. The van der Waals surface area contributed by atoms with E-state index >= 15 is 0 Å². The Bertz CT molecular complexity index is 472. The van der Waals surface area contributed by atoms with Crippen LogP contribution in [0.1, 0.15) is 27.7 Å². The van der Waals surface area contributed by atoms with Gasteiger partial charge in [-0.05, 0) is 13.8 Å². The molecule has 9 heteroatoms. The first kappa shape index (κ1) is 17.1. The molecule has 0 bridgehead atoms. The summed E-state index contributed by atoms with van der Waals surface area (Å²) in [7, 11) is 0. The fourth-order valence-electron chi connectivity index (χ4n) is 2.51. The average molecular weight is 320 g/mol.